The molecule has 0 atom stereocenters. The molecule has 5 nitrogen and oxygen atoms in total. The second-order valence-electron chi connectivity index (χ2n) is 26.3. The van der Waals surface area contributed by atoms with Crippen LogP contribution < -0.4 is 4.74 Å². The minimum absolute atomic E-state index is 0.324. The van der Waals surface area contributed by atoms with E-state index in [-0.39, 0.29) is 0 Å². The molecule has 0 unspecified atom stereocenters. The number of alkyl halides is 3. The van der Waals surface area contributed by atoms with Crippen molar-refractivity contribution in [1.82, 2.24) is 4.98 Å². The molecule has 0 fully saturated rings. The smallest absolute Gasteiger partial charge is 0.416 e. The summed E-state index contributed by atoms with van der Waals surface area (Å²) in [5.74, 6) is 7.67. The summed E-state index contributed by atoms with van der Waals surface area (Å²) in [6.45, 7) is 47.3. The Kier molecular flexibility index (Phi) is 49.8. The van der Waals surface area contributed by atoms with Gasteiger partial charge in [-0.25, -0.2) is 8.42 Å². The van der Waals surface area contributed by atoms with Gasteiger partial charge in [0.1, 0.15) is 15.6 Å². The predicted molar refractivity (Wildman–Crippen MR) is 369 cm³/mol. The van der Waals surface area contributed by atoms with E-state index < -0.39 is 21.6 Å². The highest BCUT2D eigenvalue weighted by Gasteiger charge is 2.29. The third-order valence-electron chi connectivity index (χ3n) is 11.5. The lowest BCUT2D eigenvalue weighted by Gasteiger charge is -2.08. The van der Waals surface area contributed by atoms with Crippen molar-refractivity contribution >= 4 is 20.7 Å². The molecular formula is C76H124F3NO4S. The minimum Gasteiger partial charge on any atom is -0.497 e. The van der Waals surface area contributed by atoms with Gasteiger partial charge >= 0.3 is 6.18 Å². The van der Waals surface area contributed by atoms with Gasteiger partial charge in [0, 0.05) is 30.0 Å². The Morgan fingerprint density at radius 2 is 0.894 bits per heavy atom. The van der Waals surface area contributed by atoms with E-state index in [4.69, 9.17) is 9.47 Å². The summed E-state index contributed by atoms with van der Waals surface area (Å²) in [6.07, 6.45) is 8.20. The fraction of sp³-hybridized carbons (Fsp3) is 0.579. The third-order valence-corrected chi connectivity index (χ3v) is 12.4. The lowest BCUT2D eigenvalue weighted by Crippen LogP contribution is -2.05. The summed E-state index contributed by atoms with van der Waals surface area (Å²) in [6, 6.07) is 43.0. The van der Waals surface area contributed by atoms with E-state index >= 15 is 0 Å². The van der Waals surface area contributed by atoms with E-state index in [0.29, 0.717) is 23.5 Å². The SMILES string of the molecule is CC(C)C.CC(C)CC(C)C.CC(C)CCS(C)(=O)=O.CC(C)CCc1ccccc1.CC(C)COCc1ccccc1.CC(C)Cc1c[nH]c2ccccc12.CC(C)Cc1ccc(C(F)(F)F)cc1.CCC.COc1ccc(CC(C)C)cc1. The topological polar surface area (TPSA) is 68.4 Å². The van der Waals surface area contributed by atoms with Gasteiger partial charge in [0.2, 0.25) is 0 Å². The number of sulfone groups is 1. The minimum atomic E-state index is -4.23. The fourth-order valence-electron chi connectivity index (χ4n) is 7.75. The highest BCUT2D eigenvalue weighted by atomic mass is 32.2. The van der Waals surface area contributed by atoms with E-state index in [9.17, 15) is 21.6 Å². The molecule has 1 N–H and O–H groups in total. The zero-order valence-electron chi connectivity index (χ0n) is 57.9. The van der Waals surface area contributed by atoms with E-state index in [1.54, 1.807) is 19.2 Å². The maximum atomic E-state index is 12.2. The van der Waals surface area contributed by atoms with Crippen molar-refractivity contribution in [3.63, 3.8) is 0 Å². The summed E-state index contributed by atoms with van der Waals surface area (Å²) in [7, 11) is -1.03. The van der Waals surface area contributed by atoms with Crippen LogP contribution in [0.1, 0.15) is 204 Å². The van der Waals surface area contributed by atoms with Crippen LogP contribution in [0.25, 0.3) is 10.9 Å². The third kappa shape index (κ3) is 55.5. The Morgan fingerprint density at radius 1 is 0.482 bits per heavy atom. The number of H-pyrrole nitrogens is 1. The quantitative estimate of drug-likeness (QED) is 0.0877. The number of aromatic amines is 1. The normalized spacial score (nSPS) is 10.9. The van der Waals surface area contributed by atoms with Crippen LogP contribution in [0.2, 0.25) is 0 Å². The van der Waals surface area contributed by atoms with Gasteiger partial charge in [-0.05, 0) is 156 Å². The largest absolute Gasteiger partial charge is 0.497 e. The average molecular weight is 1200 g/mol. The Balaban J connectivity index is -0.000000912. The zero-order valence-corrected chi connectivity index (χ0v) is 58.7. The number of para-hydroxylation sites is 1. The first-order chi connectivity index (χ1) is 39.6. The van der Waals surface area contributed by atoms with Crippen LogP contribution in [0.3, 0.4) is 0 Å². The summed E-state index contributed by atoms with van der Waals surface area (Å²) in [4.78, 5) is 3.29. The van der Waals surface area contributed by atoms with Gasteiger partial charge in [0.15, 0.2) is 0 Å². The Labute approximate surface area is 521 Å². The van der Waals surface area contributed by atoms with Gasteiger partial charge in [0.25, 0.3) is 0 Å². The number of aryl methyl sites for hydroxylation is 1. The Bertz CT molecular complexity index is 2500. The van der Waals surface area contributed by atoms with Crippen molar-refractivity contribution in [3.05, 3.63) is 173 Å². The van der Waals surface area contributed by atoms with Crippen LogP contribution in [-0.4, -0.2) is 39.1 Å². The number of nitrogens with one attached hydrogen (secondary N) is 1. The predicted octanol–water partition coefficient (Wildman–Crippen LogP) is 23.1. The summed E-state index contributed by atoms with van der Waals surface area (Å²) < 4.78 is 68.2. The van der Waals surface area contributed by atoms with Gasteiger partial charge in [-0.2, -0.15) is 13.2 Å². The van der Waals surface area contributed by atoms with Gasteiger partial charge < -0.3 is 14.5 Å². The number of methoxy groups -OCH3 is 1. The maximum Gasteiger partial charge on any atom is 0.416 e. The number of hydrogen-bond donors (Lipinski definition) is 1. The molecule has 0 aliphatic carbocycles. The molecule has 0 amide bonds. The molecule has 0 aliphatic rings. The van der Waals surface area contributed by atoms with Crippen molar-refractivity contribution in [2.75, 3.05) is 25.7 Å². The molecule has 0 radical (unpaired) electrons. The van der Waals surface area contributed by atoms with Crippen LogP contribution >= 0.6 is 0 Å². The molecule has 9 heteroatoms. The van der Waals surface area contributed by atoms with E-state index in [1.807, 2.05) is 58.0 Å². The highest BCUT2D eigenvalue weighted by molar-refractivity contribution is 7.90. The van der Waals surface area contributed by atoms with Gasteiger partial charge in [-0.1, -0.05) is 255 Å². The molecule has 1 heterocycles. The second kappa shape index (κ2) is 50.2. The first-order valence-electron chi connectivity index (χ1n) is 31.8. The second-order valence-corrected chi connectivity index (χ2v) is 28.5. The number of rotatable bonds is 19. The standard InChI is InChI=1S/C12H15N.C11H13F3.2C11H16O.C11H16.C7H16.C6H14O2S.C4H10.C3H8/c1-9(2)7-10-8-13-12-6-4-3-5-11(10)12;1-8(2)7-9-3-5-10(6-4-9)11(12,13)14;1-9(2)8-10-4-6-11(12-3)7-5-10;1-10(2)8-12-9-11-6-4-3-5-7-11;1-10(2)8-9-11-6-4-3-5-7-11;1-6(2)5-7(3)4;1-6(2)4-5-9(3,7)8;1-4(2)3;1-3-2/h3-6,8-9,13H,7H2,1-2H3;3-6,8H,7H2,1-2H3;4-7,9H,8H2,1-3H3;3-7,10H,8-9H2,1-2H3;3-7,10H,8-9H2,1-2H3;6-7H,5H2,1-4H3;6H,4-5H2,1-3H3;4H,1-3H3;3H2,1-2H3. The maximum absolute atomic E-state index is 12.2. The van der Waals surface area contributed by atoms with Crippen LogP contribution in [0.15, 0.2) is 140 Å². The Hall–Kier alpha value is -4.86. The van der Waals surface area contributed by atoms with Crippen LogP contribution in [-0.2, 0) is 53.0 Å². The van der Waals surface area contributed by atoms with E-state index in [1.165, 1.54) is 65.1 Å². The lowest BCUT2D eigenvalue weighted by molar-refractivity contribution is -0.137. The molecule has 0 saturated carbocycles. The molecule has 1 aromatic heterocycles. The summed E-state index contributed by atoms with van der Waals surface area (Å²) >= 11 is 0. The number of hydrogen-bond acceptors (Lipinski definition) is 4. The van der Waals surface area contributed by atoms with Gasteiger partial charge in [-0.3, -0.25) is 0 Å². The van der Waals surface area contributed by atoms with Crippen molar-refractivity contribution in [1.29, 1.82) is 0 Å². The van der Waals surface area contributed by atoms with Crippen molar-refractivity contribution in [2.24, 2.45) is 53.3 Å². The number of ether oxygens (including phenoxy) is 2. The molecule has 85 heavy (non-hydrogen) atoms. The number of fused-ring (bicyclic) bond motifs is 1. The average Bonchev–Trinajstić information content (AvgIpc) is 3.71. The van der Waals surface area contributed by atoms with Crippen molar-refractivity contribution in [2.45, 2.75) is 210 Å². The summed E-state index contributed by atoms with van der Waals surface area (Å²) in [5, 5.41) is 1.37. The molecule has 0 saturated heterocycles. The lowest BCUT2D eigenvalue weighted by atomic mass is 10.0. The first-order valence-corrected chi connectivity index (χ1v) is 33.9. The molecule has 484 valence electrons. The molecule has 0 bridgehead atoms. The van der Waals surface area contributed by atoms with Crippen molar-refractivity contribution < 1.29 is 31.1 Å². The van der Waals surface area contributed by atoms with Crippen LogP contribution in [0, 0.1) is 53.3 Å². The van der Waals surface area contributed by atoms with Gasteiger partial charge in [0.05, 0.1) is 25.0 Å². The molecular weight excluding hydrogens is 1080 g/mol. The van der Waals surface area contributed by atoms with Gasteiger partial charge in [-0.15, -0.1) is 0 Å². The molecule has 5 aromatic carbocycles. The molecule has 0 aliphatic heterocycles. The van der Waals surface area contributed by atoms with E-state index in [2.05, 4.69) is 208 Å². The summed E-state index contributed by atoms with van der Waals surface area (Å²) in [5.41, 5.74) is 7.15. The van der Waals surface area contributed by atoms with E-state index in [0.717, 1.165) is 97.9 Å². The number of aromatic nitrogens is 1. The monoisotopic (exact) mass is 1200 g/mol. The molecule has 6 rings (SSSR count). The Morgan fingerprint density at radius 3 is 1.25 bits per heavy atom. The van der Waals surface area contributed by atoms with Crippen molar-refractivity contribution in [3.8, 4) is 5.75 Å². The number of benzene rings is 5. The zero-order chi connectivity index (χ0) is 65.6. The first kappa shape index (κ1) is 84.3. The fourth-order valence-corrected chi connectivity index (χ4v) is 8.65. The van der Waals surface area contributed by atoms with Crippen LogP contribution in [0.4, 0.5) is 13.2 Å². The molecule has 0 spiro atoms. The highest BCUT2D eigenvalue weighted by Crippen LogP contribution is 2.29. The van der Waals surface area contributed by atoms with Crippen LogP contribution in [0.5, 0.6) is 5.75 Å². The number of halogens is 3. The molecule has 6 aromatic rings.